The van der Waals surface area contributed by atoms with Crippen molar-refractivity contribution in [3.63, 3.8) is 0 Å². The van der Waals surface area contributed by atoms with Gasteiger partial charge in [-0.15, -0.1) is 0 Å². The Hall–Kier alpha value is -2.57. The summed E-state index contributed by atoms with van der Waals surface area (Å²) in [6.45, 7) is 17.2. The minimum absolute atomic E-state index is 0.0142. The van der Waals surface area contributed by atoms with Crippen LogP contribution in [0.15, 0.2) is 18.2 Å². The van der Waals surface area contributed by atoms with Crippen molar-refractivity contribution in [3.05, 3.63) is 34.9 Å². The third-order valence-corrected chi connectivity index (χ3v) is 5.80. The molecule has 4 atom stereocenters. The van der Waals surface area contributed by atoms with E-state index in [9.17, 15) is 14.4 Å². The lowest BCUT2D eigenvalue weighted by molar-refractivity contribution is -0.142. The van der Waals surface area contributed by atoms with Crippen molar-refractivity contribution in [3.8, 4) is 0 Å². The summed E-state index contributed by atoms with van der Waals surface area (Å²) in [7, 11) is 1.63. The summed E-state index contributed by atoms with van der Waals surface area (Å²) < 4.78 is 5.40. The minimum Gasteiger partial charge on any atom is -0.444 e. The number of alkyl carbamates (subject to hydrolysis) is 1. The first-order chi connectivity index (χ1) is 15.7. The Morgan fingerprint density at radius 3 is 2.03 bits per heavy atom. The highest BCUT2D eigenvalue weighted by Gasteiger charge is 2.36. The van der Waals surface area contributed by atoms with Crippen molar-refractivity contribution in [1.82, 2.24) is 15.5 Å². The molecule has 1 aromatic carbocycles. The van der Waals surface area contributed by atoms with E-state index >= 15 is 0 Å². The van der Waals surface area contributed by atoms with Gasteiger partial charge in [0.15, 0.2) is 0 Å². The summed E-state index contributed by atoms with van der Waals surface area (Å²) in [4.78, 5) is 41.1. The second-order valence-electron chi connectivity index (χ2n) is 10.5. The topological polar surface area (TPSA) is 87.7 Å². The molecule has 0 saturated heterocycles. The molecule has 0 spiro atoms. The number of rotatable bonds is 10. The molecule has 0 bridgehead atoms. The number of aryl methyl sites for hydroxylation is 2. The van der Waals surface area contributed by atoms with Gasteiger partial charge in [-0.05, 0) is 59.4 Å². The van der Waals surface area contributed by atoms with Gasteiger partial charge >= 0.3 is 6.09 Å². The van der Waals surface area contributed by atoms with Crippen molar-refractivity contribution in [2.45, 2.75) is 105 Å². The van der Waals surface area contributed by atoms with Crippen LogP contribution in [0.4, 0.5) is 4.79 Å². The molecule has 7 heteroatoms. The van der Waals surface area contributed by atoms with Gasteiger partial charge in [-0.25, -0.2) is 4.79 Å². The minimum atomic E-state index is -0.822. The SMILES string of the molecule is CCCC(C)NC(=O)C(c1cc(C)cc(C)c1)N(C)C(=O)C(NC(=O)OC(C)(C)C)C(C)CC. The van der Waals surface area contributed by atoms with E-state index in [-0.39, 0.29) is 23.8 Å². The average molecular weight is 476 g/mol. The number of likely N-dealkylation sites (N-methyl/N-ethyl adjacent to an activating group) is 1. The number of benzene rings is 1. The summed E-state index contributed by atoms with van der Waals surface area (Å²) in [5.41, 5.74) is 2.09. The molecule has 0 aromatic heterocycles. The summed E-state index contributed by atoms with van der Waals surface area (Å²) in [6, 6.07) is 4.25. The van der Waals surface area contributed by atoms with Crippen LogP contribution in [0.2, 0.25) is 0 Å². The Balaban J connectivity index is 3.35. The lowest BCUT2D eigenvalue weighted by Gasteiger charge is -2.34. The monoisotopic (exact) mass is 475 g/mol. The molecule has 1 aromatic rings. The van der Waals surface area contributed by atoms with Crippen molar-refractivity contribution in [2.24, 2.45) is 5.92 Å². The van der Waals surface area contributed by atoms with Crippen LogP contribution in [-0.2, 0) is 14.3 Å². The molecular weight excluding hydrogens is 430 g/mol. The third kappa shape index (κ3) is 8.99. The van der Waals surface area contributed by atoms with Gasteiger partial charge in [0.25, 0.3) is 0 Å². The van der Waals surface area contributed by atoms with Crippen LogP contribution >= 0.6 is 0 Å². The fourth-order valence-corrected chi connectivity index (χ4v) is 4.01. The van der Waals surface area contributed by atoms with Crippen molar-refractivity contribution in [1.29, 1.82) is 0 Å². The predicted molar refractivity (Wildman–Crippen MR) is 137 cm³/mol. The molecule has 192 valence electrons. The van der Waals surface area contributed by atoms with E-state index in [0.29, 0.717) is 6.42 Å². The Labute approximate surface area is 206 Å². The zero-order valence-corrected chi connectivity index (χ0v) is 22.7. The van der Waals surface area contributed by atoms with Gasteiger partial charge in [0.1, 0.15) is 17.7 Å². The number of nitrogens with one attached hydrogen (secondary N) is 2. The normalized spacial score (nSPS) is 15.0. The van der Waals surface area contributed by atoms with E-state index < -0.39 is 23.8 Å². The van der Waals surface area contributed by atoms with Crippen molar-refractivity contribution < 1.29 is 19.1 Å². The van der Waals surface area contributed by atoms with Crippen LogP contribution in [0.25, 0.3) is 0 Å². The summed E-state index contributed by atoms with van der Waals surface area (Å²) >= 11 is 0. The van der Waals surface area contributed by atoms with Crippen molar-refractivity contribution in [2.75, 3.05) is 7.05 Å². The van der Waals surface area contributed by atoms with Crippen LogP contribution in [-0.4, -0.2) is 47.5 Å². The Morgan fingerprint density at radius 1 is 1.00 bits per heavy atom. The van der Waals surface area contributed by atoms with E-state index in [1.807, 2.05) is 52.8 Å². The van der Waals surface area contributed by atoms with Crippen LogP contribution in [0.3, 0.4) is 0 Å². The maximum atomic E-state index is 13.7. The second kappa shape index (κ2) is 12.8. The average Bonchev–Trinajstić information content (AvgIpc) is 2.69. The van der Waals surface area contributed by atoms with E-state index in [2.05, 4.69) is 17.6 Å². The lowest BCUT2D eigenvalue weighted by Crippen LogP contribution is -2.54. The van der Waals surface area contributed by atoms with E-state index in [1.54, 1.807) is 27.8 Å². The number of carbonyl (C=O) groups excluding carboxylic acids is 3. The fourth-order valence-electron chi connectivity index (χ4n) is 4.01. The highest BCUT2D eigenvalue weighted by atomic mass is 16.6. The zero-order chi connectivity index (χ0) is 26.2. The van der Waals surface area contributed by atoms with Crippen molar-refractivity contribution >= 4 is 17.9 Å². The first-order valence-corrected chi connectivity index (χ1v) is 12.3. The smallest absolute Gasteiger partial charge is 0.408 e. The maximum absolute atomic E-state index is 13.7. The van der Waals surface area contributed by atoms with Gasteiger partial charge < -0.3 is 20.3 Å². The molecule has 2 N–H and O–H groups in total. The molecule has 0 fully saturated rings. The molecule has 4 unspecified atom stereocenters. The number of hydrogen-bond donors (Lipinski definition) is 2. The molecule has 1 rings (SSSR count). The van der Waals surface area contributed by atoms with Gasteiger partial charge in [0.05, 0.1) is 0 Å². The molecule has 0 saturated carbocycles. The maximum Gasteiger partial charge on any atom is 0.408 e. The summed E-state index contributed by atoms with van der Waals surface area (Å²) in [5.74, 6) is -0.714. The quantitative estimate of drug-likeness (QED) is 0.496. The van der Waals surface area contributed by atoms with Gasteiger partial charge in [-0.3, -0.25) is 9.59 Å². The molecule has 34 heavy (non-hydrogen) atoms. The second-order valence-corrected chi connectivity index (χ2v) is 10.5. The van der Waals surface area contributed by atoms with E-state index in [4.69, 9.17) is 4.74 Å². The molecule has 0 aliphatic carbocycles. The molecular formula is C27H45N3O4. The summed E-state index contributed by atoms with van der Waals surface area (Å²) in [6.07, 6.45) is 1.82. The van der Waals surface area contributed by atoms with Gasteiger partial charge in [-0.1, -0.05) is 62.9 Å². The van der Waals surface area contributed by atoms with Gasteiger partial charge in [-0.2, -0.15) is 0 Å². The molecule has 0 aliphatic heterocycles. The lowest BCUT2D eigenvalue weighted by atomic mass is 9.95. The Bertz CT molecular complexity index is 827. The van der Waals surface area contributed by atoms with Crippen LogP contribution in [0, 0.1) is 19.8 Å². The highest BCUT2D eigenvalue weighted by molar-refractivity contribution is 5.92. The van der Waals surface area contributed by atoms with Crippen LogP contribution in [0.5, 0.6) is 0 Å². The number of carbonyl (C=O) groups is 3. The fraction of sp³-hybridized carbons (Fsp3) is 0.667. The molecule has 0 radical (unpaired) electrons. The van der Waals surface area contributed by atoms with Crippen LogP contribution in [0.1, 0.15) is 90.5 Å². The largest absolute Gasteiger partial charge is 0.444 e. The van der Waals surface area contributed by atoms with Gasteiger partial charge in [0, 0.05) is 13.1 Å². The predicted octanol–water partition coefficient (Wildman–Crippen LogP) is 5.05. The first-order valence-electron chi connectivity index (χ1n) is 12.3. The molecule has 0 heterocycles. The standard InChI is InChI=1S/C27H45N3O4/c1-11-13-20(6)28-24(31)23(21-15-17(3)14-18(4)16-21)30(10)25(32)22(19(5)12-2)29-26(33)34-27(7,8)9/h14-16,19-20,22-23H,11-13H2,1-10H3,(H,28,31)(H,29,33). The zero-order valence-electron chi connectivity index (χ0n) is 22.7. The molecule has 0 aliphatic rings. The first kappa shape index (κ1) is 29.5. The number of hydrogen-bond acceptors (Lipinski definition) is 4. The number of amides is 3. The van der Waals surface area contributed by atoms with E-state index in [0.717, 1.165) is 29.5 Å². The number of ether oxygens (including phenoxy) is 1. The van der Waals surface area contributed by atoms with E-state index in [1.165, 1.54) is 4.90 Å². The van der Waals surface area contributed by atoms with Gasteiger partial charge in [0.2, 0.25) is 11.8 Å². The Morgan fingerprint density at radius 2 is 1.56 bits per heavy atom. The van der Waals surface area contributed by atoms with Crippen LogP contribution < -0.4 is 10.6 Å². The Kier molecular flexibility index (Phi) is 11.1. The third-order valence-electron chi connectivity index (χ3n) is 5.80. The summed E-state index contributed by atoms with van der Waals surface area (Å²) in [5, 5.41) is 5.81. The highest BCUT2D eigenvalue weighted by Crippen LogP contribution is 2.25. The number of nitrogens with zero attached hydrogens (tertiary/aromatic N) is 1. The molecule has 7 nitrogen and oxygen atoms in total. The molecule has 3 amide bonds.